The van der Waals surface area contributed by atoms with Gasteiger partial charge in [-0.15, -0.1) is 0 Å². The average molecular weight is 1410 g/mol. The number of benzene rings is 4. The number of rotatable bonds is 10. The lowest BCUT2D eigenvalue weighted by Crippen LogP contribution is -3.61. The third-order valence-electron chi connectivity index (χ3n) is 13.8. The van der Waals surface area contributed by atoms with Crippen LogP contribution in [0.1, 0.15) is 128 Å². The third-order valence-corrected chi connectivity index (χ3v) is 19.7. The molecule has 0 radical (unpaired) electrons. The highest BCUT2D eigenvalue weighted by Gasteiger charge is 2.47. The topological polar surface area (TPSA) is 52.6 Å². The molecule has 0 unspecified atom stereocenters. The summed E-state index contributed by atoms with van der Waals surface area (Å²) in [6.07, 6.45) is -43.5. The molecule has 0 aliphatic heterocycles. The molecule has 2 saturated carbocycles. The number of hydrogen-bond acceptors (Lipinski definition) is 6. The number of carbonyl (C=O) groups is 2. The maximum Gasteiger partial charge on any atom is 0.416 e. The van der Waals surface area contributed by atoms with Crippen LogP contribution >= 0.6 is 22.7 Å². The number of halogens is 25. The third kappa shape index (κ3) is 16.5. The van der Waals surface area contributed by atoms with Crippen LogP contribution in [0.2, 0.25) is 0 Å². The largest absolute Gasteiger partial charge is 0.458 e. The number of hydrogen-bond donors (Lipinski definition) is 0. The standard InChI is InChI=1S/C32H12BF24.C22H26IO4S2/c34-25(35,36)13-1-14(26(37,38)39)6-21(5-13)33(22-7-15(27(40,41)42)2-16(8-22)28(43,44)45,23-9-17(29(46,47)48)3-18(10-23)30(49,50)51)24-11-19(31(52,53)54)4-20(12-24)32(55,56)57;24-21(26-15-7-3-1-4-8-15)17-11-13-19(28-17)23-20-14-12-18(29-20)22(25)27-16-9-5-2-6-10-16/h1-12H;11-16H,1-10H2/q-1;+1. The fraction of sp³-hybridized carbons (Fsp3) is 0.370. The van der Waals surface area contributed by atoms with Gasteiger partial charge in [0, 0.05) is 12.1 Å². The molecule has 0 atom stereocenters. The molecule has 468 valence electrons. The second kappa shape index (κ2) is 25.1. The van der Waals surface area contributed by atoms with Crippen LogP contribution in [0.15, 0.2) is 97.1 Å². The minimum Gasteiger partial charge on any atom is -0.458 e. The van der Waals surface area contributed by atoms with Crippen molar-refractivity contribution in [2.75, 3.05) is 0 Å². The molecule has 4 nitrogen and oxygen atoms in total. The fourth-order valence-corrected chi connectivity index (χ4v) is 16.0. The lowest BCUT2D eigenvalue weighted by Gasteiger charge is -2.46. The van der Waals surface area contributed by atoms with Gasteiger partial charge in [0.2, 0.25) is 5.77 Å². The summed E-state index contributed by atoms with van der Waals surface area (Å²) in [7, 11) is 0. The molecule has 4 aromatic carbocycles. The molecule has 86 heavy (non-hydrogen) atoms. The van der Waals surface area contributed by atoms with E-state index in [1.54, 1.807) is 0 Å². The Morgan fingerprint density at radius 2 is 0.547 bits per heavy atom. The summed E-state index contributed by atoms with van der Waals surface area (Å²) in [5.74, 6) is -0.361. The maximum atomic E-state index is 14.2. The Morgan fingerprint density at radius 3 is 0.744 bits per heavy atom. The molecule has 6 aromatic rings. The molecule has 0 saturated heterocycles. The number of ether oxygens (including phenoxy) is 2. The van der Waals surface area contributed by atoms with Gasteiger partial charge < -0.3 is 9.47 Å². The van der Waals surface area contributed by atoms with Gasteiger partial charge in [-0.25, -0.2) is 9.59 Å². The van der Waals surface area contributed by atoms with E-state index in [9.17, 15) is 115 Å². The highest BCUT2D eigenvalue weighted by Crippen LogP contribution is 2.42. The Morgan fingerprint density at radius 1 is 0.337 bits per heavy atom. The first kappa shape index (κ1) is 67.8. The molecule has 0 amide bonds. The zero-order valence-corrected chi connectivity index (χ0v) is 46.7. The predicted octanol–water partition coefficient (Wildman–Crippen LogP) is 14.1. The minimum atomic E-state index is -6.13. The van der Waals surface area contributed by atoms with Crippen LogP contribution in [-0.2, 0) is 58.9 Å². The van der Waals surface area contributed by atoms with Crippen LogP contribution in [-0.4, -0.2) is 30.3 Å². The van der Waals surface area contributed by atoms with Crippen LogP contribution in [0, 0.1) is 5.77 Å². The van der Waals surface area contributed by atoms with Gasteiger partial charge in [-0.05, 0) is 87.8 Å². The van der Waals surface area contributed by atoms with Crippen molar-refractivity contribution in [2.24, 2.45) is 0 Å². The lowest BCUT2D eigenvalue weighted by atomic mass is 9.12. The number of thiophene rings is 2. The Balaban J connectivity index is 0.000000302. The van der Waals surface area contributed by atoms with Crippen LogP contribution in [0.3, 0.4) is 0 Å². The van der Waals surface area contributed by atoms with E-state index in [-0.39, 0.29) is 24.1 Å². The van der Waals surface area contributed by atoms with Gasteiger partial charge in [0.1, 0.15) is 28.1 Å². The highest BCUT2D eigenvalue weighted by atomic mass is 127. The zero-order valence-electron chi connectivity index (χ0n) is 42.9. The van der Waals surface area contributed by atoms with Crippen LogP contribution in [0.25, 0.3) is 0 Å². The SMILES string of the molecule is FC(F)(F)c1cc([B-](c2cc(C(F)(F)F)cc(C(F)(F)F)c2)(c2cc(C(F)(F)F)cc(C(F)(F)F)c2)c2cc(C(F)(F)F)cc(C(F)(F)F)c2)cc(C(F)(F)F)c1.O=C(OC1CCCCC1)c1ccc([I+]c2ccc(C(=O)OC3CCCCC3)s2)s1. The van der Waals surface area contributed by atoms with Crippen molar-refractivity contribution < 1.29 is 146 Å². The zero-order chi connectivity index (χ0) is 64.0. The first-order chi connectivity index (χ1) is 39.4. The van der Waals surface area contributed by atoms with E-state index < -0.39 is 216 Å². The summed E-state index contributed by atoms with van der Waals surface area (Å²) in [6, 6.07) is -0.965. The van der Waals surface area contributed by atoms with Crippen molar-refractivity contribution in [3.8, 4) is 0 Å². The van der Waals surface area contributed by atoms with Crippen molar-refractivity contribution in [1.29, 1.82) is 0 Å². The van der Waals surface area contributed by atoms with Gasteiger partial charge in [0.25, 0.3) is 0 Å². The van der Waals surface area contributed by atoms with Gasteiger partial charge in [-0.1, -0.05) is 84.0 Å². The van der Waals surface area contributed by atoms with Gasteiger partial charge in [0.15, 0.2) is 0 Å². The molecule has 32 heteroatoms. The van der Waals surface area contributed by atoms with Crippen molar-refractivity contribution >= 4 is 62.6 Å². The van der Waals surface area contributed by atoms with Crippen molar-refractivity contribution in [3.05, 3.63) is 157 Å². The average Bonchev–Trinajstić information content (AvgIpc) is 0.817. The Kier molecular flexibility index (Phi) is 19.8. The van der Waals surface area contributed by atoms with Crippen LogP contribution in [0.4, 0.5) is 105 Å². The van der Waals surface area contributed by atoms with Gasteiger partial charge >= 0.3 is 82.6 Å². The summed E-state index contributed by atoms with van der Waals surface area (Å²) >= 11 is 2.67. The maximum absolute atomic E-state index is 14.2. The van der Waals surface area contributed by atoms with Gasteiger partial charge in [-0.3, -0.25) is 0 Å². The van der Waals surface area contributed by atoms with Crippen molar-refractivity contribution in [1.82, 2.24) is 0 Å². The fourth-order valence-electron chi connectivity index (χ4n) is 9.90. The Hall–Kier alpha value is -5.67. The monoisotopic (exact) mass is 1410 g/mol. The van der Waals surface area contributed by atoms with Gasteiger partial charge in [0.05, 0.1) is 44.5 Å². The molecule has 0 N–H and O–H groups in total. The molecular weight excluding hydrogens is 1370 g/mol. The molecule has 0 bridgehead atoms. The Bertz CT molecular complexity index is 2880. The van der Waals surface area contributed by atoms with Crippen LogP contribution < -0.4 is 43.1 Å². The van der Waals surface area contributed by atoms with Crippen LogP contribution in [0.5, 0.6) is 0 Å². The van der Waals surface area contributed by atoms with E-state index >= 15 is 0 Å². The first-order valence-corrected chi connectivity index (χ1v) is 28.8. The molecule has 2 aliphatic rings. The summed E-state index contributed by atoms with van der Waals surface area (Å²) in [5.41, 5.74) is -30.2. The smallest absolute Gasteiger partial charge is 0.416 e. The number of esters is 2. The molecule has 2 heterocycles. The van der Waals surface area contributed by atoms with E-state index in [4.69, 9.17) is 9.47 Å². The number of alkyl halides is 24. The molecule has 8 rings (SSSR count). The van der Waals surface area contributed by atoms with E-state index in [0.717, 1.165) is 51.4 Å². The number of carbonyl (C=O) groups excluding carboxylic acids is 2. The van der Waals surface area contributed by atoms with Crippen molar-refractivity contribution in [3.63, 3.8) is 0 Å². The first-order valence-electron chi connectivity index (χ1n) is 25.1. The van der Waals surface area contributed by atoms with Gasteiger partial charge in [-0.2, -0.15) is 127 Å². The molecule has 0 spiro atoms. The normalized spacial score (nSPS) is 15.7. The second-order valence-corrected chi connectivity index (χ2v) is 26.4. The van der Waals surface area contributed by atoms with Crippen molar-refractivity contribution in [2.45, 2.75) is 126 Å². The molecular formula is C54H38BF24IO4S2. The minimum absolute atomic E-state index is 0.0894. The summed E-state index contributed by atoms with van der Waals surface area (Å²) < 4.78 is 355. The van der Waals surface area contributed by atoms with E-state index in [0.29, 0.717) is 9.75 Å². The summed E-state index contributed by atoms with van der Waals surface area (Å²) in [6.45, 7) is 0. The lowest BCUT2D eigenvalue weighted by molar-refractivity contribution is -0.585. The van der Waals surface area contributed by atoms with E-state index in [2.05, 4.69) is 0 Å². The predicted molar refractivity (Wildman–Crippen MR) is 261 cm³/mol. The van der Waals surface area contributed by atoms with E-state index in [1.165, 1.54) is 41.3 Å². The molecule has 2 aromatic heterocycles. The second-order valence-electron chi connectivity index (χ2n) is 19.9. The molecule has 2 aliphatic carbocycles. The molecule has 2 fully saturated rings. The quantitative estimate of drug-likeness (QED) is 0.0594. The summed E-state index contributed by atoms with van der Waals surface area (Å²) in [5, 5.41) is 0. The highest BCUT2D eigenvalue weighted by molar-refractivity contribution is 7.20. The van der Waals surface area contributed by atoms with E-state index in [1.807, 2.05) is 24.3 Å². The Labute approximate surface area is 489 Å². The summed E-state index contributed by atoms with van der Waals surface area (Å²) in [4.78, 5) is 26.2.